The van der Waals surface area contributed by atoms with Gasteiger partial charge in [0.25, 0.3) is 0 Å². The lowest BCUT2D eigenvalue weighted by Crippen LogP contribution is -2.53. The van der Waals surface area contributed by atoms with E-state index in [-0.39, 0.29) is 24.4 Å². The smallest absolute Gasteiger partial charge is 0.244 e. The van der Waals surface area contributed by atoms with Gasteiger partial charge in [0.15, 0.2) is 0 Å². The first-order chi connectivity index (χ1) is 19.5. The minimum absolute atomic E-state index is 0.136. The van der Waals surface area contributed by atoms with Crippen LogP contribution in [0.15, 0.2) is 66.7 Å². The molecule has 0 spiro atoms. The molecular weight excluding hydrogens is 589 g/mol. The number of rotatable bonds is 13. The fraction of sp³-hybridized carbons (Fsp3) is 0.310. The Hall–Kier alpha value is -3.47. The molecule has 0 saturated heterocycles. The number of amides is 2. The van der Waals surface area contributed by atoms with E-state index >= 15 is 0 Å². The molecule has 9 nitrogen and oxygen atoms in total. The van der Waals surface area contributed by atoms with Crippen molar-refractivity contribution in [2.24, 2.45) is 0 Å². The van der Waals surface area contributed by atoms with Crippen LogP contribution in [0.25, 0.3) is 0 Å². The van der Waals surface area contributed by atoms with Crippen molar-refractivity contribution in [3.05, 3.63) is 87.9 Å². The molecule has 41 heavy (non-hydrogen) atoms. The number of hydrogen-bond donors (Lipinski definition) is 1. The van der Waals surface area contributed by atoms with Gasteiger partial charge < -0.3 is 19.7 Å². The number of halogens is 2. The molecule has 1 N–H and O–H groups in total. The second kappa shape index (κ2) is 14.4. The highest BCUT2D eigenvalue weighted by atomic mass is 35.5. The quantitative estimate of drug-likeness (QED) is 0.300. The predicted molar refractivity (Wildman–Crippen MR) is 161 cm³/mol. The number of nitrogens with zero attached hydrogens (tertiary/aromatic N) is 2. The maximum absolute atomic E-state index is 14.2. The molecule has 12 heteroatoms. The van der Waals surface area contributed by atoms with Gasteiger partial charge in [-0.05, 0) is 36.8 Å². The van der Waals surface area contributed by atoms with Gasteiger partial charge >= 0.3 is 0 Å². The van der Waals surface area contributed by atoms with Gasteiger partial charge in [-0.1, -0.05) is 59.6 Å². The third-order valence-corrected chi connectivity index (χ3v) is 8.18. The van der Waals surface area contributed by atoms with Crippen LogP contribution in [0, 0.1) is 0 Å². The van der Waals surface area contributed by atoms with Crippen molar-refractivity contribution in [3.63, 3.8) is 0 Å². The summed E-state index contributed by atoms with van der Waals surface area (Å²) in [5, 5.41) is 3.41. The molecule has 0 fully saturated rings. The Morgan fingerprint density at radius 1 is 0.951 bits per heavy atom. The van der Waals surface area contributed by atoms with Crippen molar-refractivity contribution in [1.82, 2.24) is 10.2 Å². The van der Waals surface area contributed by atoms with Gasteiger partial charge in [-0.25, -0.2) is 8.42 Å². The Morgan fingerprint density at radius 2 is 1.61 bits per heavy atom. The normalized spacial score (nSPS) is 11.9. The molecule has 0 aromatic heterocycles. The van der Waals surface area contributed by atoms with Gasteiger partial charge in [-0.3, -0.25) is 13.9 Å². The third kappa shape index (κ3) is 8.28. The molecule has 1 atom stereocenters. The molecule has 3 aromatic rings. The lowest BCUT2D eigenvalue weighted by atomic mass is 10.0. The van der Waals surface area contributed by atoms with Gasteiger partial charge in [-0.15, -0.1) is 0 Å². The highest BCUT2D eigenvalue weighted by Crippen LogP contribution is 2.34. The van der Waals surface area contributed by atoms with Gasteiger partial charge in [0.05, 0.1) is 26.2 Å². The fourth-order valence-electron chi connectivity index (χ4n) is 4.29. The Balaban J connectivity index is 2.12. The molecule has 0 bridgehead atoms. The summed E-state index contributed by atoms with van der Waals surface area (Å²) >= 11 is 12.9. The average Bonchev–Trinajstić information content (AvgIpc) is 2.94. The molecule has 2 amide bonds. The first-order valence-corrected chi connectivity index (χ1v) is 15.3. The van der Waals surface area contributed by atoms with E-state index in [1.54, 1.807) is 31.2 Å². The van der Waals surface area contributed by atoms with Gasteiger partial charge in [0, 0.05) is 41.2 Å². The highest BCUT2D eigenvalue weighted by molar-refractivity contribution is 7.92. The Morgan fingerprint density at radius 3 is 2.17 bits per heavy atom. The summed E-state index contributed by atoms with van der Waals surface area (Å²) in [6.07, 6.45) is 1.16. The van der Waals surface area contributed by atoms with Crippen LogP contribution in [0.5, 0.6) is 11.5 Å². The maximum atomic E-state index is 14.2. The van der Waals surface area contributed by atoms with Gasteiger partial charge in [0.2, 0.25) is 21.8 Å². The van der Waals surface area contributed by atoms with E-state index in [2.05, 4.69) is 5.32 Å². The Labute approximate surface area is 251 Å². The first kappa shape index (κ1) is 32.0. The van der Waals surface area contributed by atoms with E-state index in [0.717, 1.165) is 16.1 Å². The van der Waals surface area contributed by atoms with Crippen molar-refractivity contribution in [2.75, 3.05) is 37.9 Å². The molecule has 1 unspecified atom stereocenters. The summed E-state index contributed by atoms with van der Waals surface area (Å²) in [6, 6.07) is 17.7. The van der Waals surface area contributed by atoms with Crippen LogP contribution < -0.4 is 19.1 Å². The zero-order valence-electron chi connectivity index (χ0n) is 23.3. The van der Waals surface area contributed by atoms with Crippen molar-refractivity contribution >= 4 is 50.7 Å². The number of sulfonamides is 1. The topological polar surface area (TPSA) is 105 Å². The van der Waals surface area contributed by atoms with Crippen LogP contribution in [0.2, 0.25) is 10.0 Å². The SMILES string of the molecule is CCNC(=O)C(Cc1ccccc1)N(Cc1c(Cl)cccc1Cl)C(=O)CN(c1ccc(OC)cc1OC)S(C)(=O)=O. The molecular formula is C29H33Cl2N3O6S. The van der Waals surface area contributed by atoms with E-state index in [1.165, 1.54) is 31.3 Å². The van der Waals surface area contributed by atoms with E-state index in [0.29, 0.717) is 27.9 Å². The maximum Gasteiger partial charge on any atom is 0.244 e. The van der Waals surface area contributed by atoms with Crippen LogP contribution in [0.3, 0.4) is 0 Å². The number of likely N-dealkylation sites (N-methyl/N-ethyl adjacent to an activating group) is 1. The van der Waals surface area contributed by atoms with Crippen LogP contribution in [0.4, 0.5) is 5.69 Å². The standard InChI is InChI=1S/C29H33Cl2N3O6S/c1-5-32-29(36)26(16-20-10-7-6-8-11-20)33(18-22-23(30)12-9-13-24(22)31)28(35)19-34(41(4,37)38)25-15-14-21(39-2)17-27(25)40-3/h6-15,17,26H,5,16,18-19H2,1-4H3,(H,32,36). The zero-order chi connectivity index (χ0) is 30.2. The van der Waals surface area contributed by atoms with Crippen molar-refractivity contribution in [3.8, 4) is 11.5 Å². The van der Waals surface area contributed by atoms with Crippen LogP contribution in [-0.2, 0) is 32.6 Å². The molecule has 3 aromatic carbocycles. The van der Waals surface area contributed by atoms with Crippen LogP contribution in [0.1, 0.15) is 18.1 Å². The summed E-state index contributed by atoms with van der Waals surface area (Å²) in [5.74, 6) is -0.412. The Bertz CT molecular complexity index is 1450. The summed E-state index contributed by atoms with van der Waals surface area (Å²) in [4.78, 5) is 28.9. The second-order valence-electron chi connectivity index (χ2n) is 9.13. The molecule has 220 valence electrons. The van der Waals surface area contributed by atoms with E-state index in [4.69, 9.17) is 32.7 Å². The molecule has 0 heterocycles. The molecule has 0 aliphatic carbocycles. The fourth-order valence-corrected chi connectivity index (χ4v) is 5.66. The molecule has 0 aliphatic rings. The largest absolute Gasteiger partial charge is 0.497 e. The predicted octanol–water partition coefficient (Wildman–Crippen LogP) is 4.55. The van der Waals surface area contributed by atoms with Gasteiger partial charge in [-0.2, -0.15) is 0 Å². The number of carbonyl (C=O) groups is 2. The summed E-state index contributed by atoms with van der Waals surface area (Å²) in [5.41, 5.74) is 1.38. The minimum Gasteiger partial charge on any atom is -0.497 e. The first-order valence-electron chi connectivity index (χ1n) is 12.7. The number of benzene rings is 3. The average molecular weight is 623 g/mol. The lowest BCUT2D eigenvalue weighted by Gasteiger charge is -2.34. The number of hydrogen-bond acceptors (Lipinski definition) is 6. The van der Waals surface area contributed by atoms with E-state index in [9.17, 15) is 18.0 Å². The number of anilines is 1. The third-order valence-electron chi connectivity index (χ3n) is 6.35. The number of methoxy groups -OCH3 is 2. The Kier molecular flexibility index (Phi) is 11.3. The zero-order valence-corrected chi connectivity index (χ0v) is 25.6. The molecule has 0 saturated carbocycles. The number of carbonyl (C=O) groups excluding carboxylic acids is 2. The molecule has 0 aliphatic heterocycles. The molecule has 0 radical (unpaired) electrons. The number of nitrogens with one attached hydrogen (secondary N) is 1. The summed E-state index contributed by atoms with van der Waals surface area (Å²) in [7, 11) is -1.13. The number of ether oxygens (including phenoxy) is 2. The van der Waals surface area contributed by atoms with Crippen molar-refractivity contribution in [2.45, 2.75) is 25.9 Å². The van der Waals surface area contributed by atoms with Gasteiger partial charge in [0.1, 0.15) is 24.1 Å². The van der Waals surface area contributed by atoms with E-state index < -0.39 is 34.4 Å². The minimum atomic E-state index is -3.99. The second-order valence-corrected chi connectivity index (χ2v) is 11.9. The lowest BCUT2D eigenvalue weighted by molar-refractivity contribution is -0.140. The molecule has 3 rings (SSSR count). The monoisotopic (exact) mass is 621 g/mol. The van der Waals surface area contributed by atoms with Crippen LogP contribution in [-0.4, -0.2) is 64.7 Å². The van der Waals surface area contributed by atoms with E-state index in [1.807, 2.05) is 30.3 Å². The summed E-state index contributed by atoms with van der Waals surface area (Å²) < 4.78 is 37.6. The highest BCUT2D eigenvalue weighted by Gasteiger charge is 2.34. The van der Waals surface area contributed by atoms with Crippen LogP contribution >= 0.6 is 23.2 Å². The van der Waals surface area contributed by atoms with Crippen molar-refractivity contribution < 1.29 is 27.5 Å². The van der Waals surface area contributed by atoms with Crippen molar-refractivity contribution in [1.29, 1.82) is 0 Å². The summed E-state index contributed by atoms with van der Waals surface area (Å²) in [6.45, 7) is 1.35.